The van der Waals surface area contributed by atoms with Crippen molar-refractivity contribution in [2.75, 3.05) is 7.05 Å². The Morgan fingerprint density at radius 3 is 2.12 bits per heavy atom. The first-order chi connectivity index (χ1) is 11.9. The number of rotatable bonds is 4. The van der Waals surface area contributed by atoms with Gasteiger partial charge in [0.25, 0.3) is 5.91 Å². The first-order valence-corrected chi connectivity index (χ1v) is 7.92. The maximum Gasteiger partial charge on any atom is 0.342 e. The molecule has 0 aromatic heterocycles. The van der Waals surface area contributed by atoms with Crippen LogP contribution in [-0.2, 0) is 9.53 Å². The van der Waals surface area contributed by atoms with Gasteiger partial charge >= 0.3 is 12.0 Å². The minimum atomic E-state index is -1.35. The molecule has 0 bridgehead atoms. The van der Waals surface area contributed by atoms with Crippen LogP contribution in [0.25, 0.3) is 0 Å². The Balaban J connectivity index is 2.31. The van der Waals surface area contributed by atoms with E-state index in [9.17, 15) is 14.4 Å². The summed E-state index contributed by atoms with van der Waals surface area (Å²) in [6, 6.07) is 12.1. The highest BCUT2D eigenvalue weighted by molar-refractivity contribution is 6.39. The van der Waals surface area contributed by atoms with Gasteiger partial charge < -0.3 is 10.1 Å². The zero-order valence-electron chi connectivity index (χ0n) is 13.1. The van der Waals surface area contributed by atoms with Crippen LogP contribution in [0.5, 0.6) is 0 Å². The fraction of sp³-hybridized carbons (Fsp3) is 0.118. The highest BCUT2D eigenvalue weighted by Crippen LogP contribution is 2.27. The van der Waals surface area contributed by atoms with Gasteiger partial charge in [-0.1, -0.05) is 59.6 Å². The predicted molar refractivity (Wildman–Crippen MR) is 93.7 cm³/mol. The first kappa shape index (κ1) is 18.8. The van der Waals surface area contributed by atoms with Gasteiger partial charge in [0.15, 0.2) is 0 Å². The number of halogens is 2. The second kappa shape index (κ2) is 8.50. The number of benzene rings is 2. The zero-order valence-corrected chi connectivity index (χ0v) is 14.6. The SMILES string of the molecule is CNC(=O)NC(=O)[C@@H](OC(=O)c1c(Cl)cccc1Cl)c1ccccc1. The number of urea groups is 1. The Labute approximate surface area is 154 Å². The molecule has 130 valence electrons. The van der Waals surface area contributed by atoms with Gasteiger partial charge in [-0.15, -0.1) is 0 Å². The van der Waals surface area contributed by atoms with Crippen LogP contribution in [0.4, 0.5) is 4.79 Å². The van der Waals surface area contributed by atoms with E-state index in [1.54, 1.807) is 36.4 Å². The number of amides is 3. The molecule has 1 atom stereocenters. The molecular formula is C17H14Cl2N2O4. The van der Waals surface area contributed by atoms with Crippen LogP contribution in [-0.4, -0.2) is 25.0 Å². The molecule has 2 aromatic carbocycles. The van der Waals surface area contributed by atoms with Gasteiger partial charge in [0, 0.05) is 12.6 Å². The quantitative estimate of drug-likeness (QED) is 0.796. The average Bonchev–Trinajstić information content (AvgIpc) is 2.60. The Morgan fingerprint density at radius 2 is 1.56 bits per heavy atom. The molecule has 0 unspecified atom stereocenters. The van der Waals surface area contributed by atoms with Gasteiger partial charge in [0.1, 0.15) is 0 Å². The normalized spacial score (nSPS) is 11.3. The number of hydrogen-bond donors (Lipinski definition) is 2. The number of hydrogen-bond acceptors (Lipinski definition) is 4. The molecule has 0 saturated heterocycles. The largest absolute Gasteiger partial charge is 0.444 e. The lowest BCUT2D eigenvalue weighted by Gasteiger charge is -2.18. The maximum absolute atomic E-state index is 12.5. The van der Waals surface area contributed by atoms with Gasteiger partial charge in [0.05, 0.1) is 15.6 Å². The summed E-state index contributed by atoms with van der Waals surface area (Å²) in [5.74, 6) is -1.68. The number of nitrogens with one attached hydrogen (secondary N) is 2. The van der Waals surface area contributed by atoms with Crippen molar-refractivity contribution in [3.63, 3.8) is 0 Å². The summed E-state index contributed by atoms with van der Waals surface area (Å²) in [5, 5.41) is 4.52. The molecule has 0 radical (unpaired) electrons. The van der Waals surface area contributed by atoms with Gasteiger partial charge in [-0.3, -0.25) is 10.1 Å². The molecule has 0 aliphatic heterocycles. The van der Waals surface area contributed by atoms with E-state index in [0.29, 0.717) is 5.56 Å². The lowest BCUT2D eigenvalue weighted by atomic mass is 10.1. The van der Waals surface area contributed by atoms with E-state index in [4.69, 9.17) is 27.9 Å². The minimum absolute atomic E-state index is 0.0560. The molecule has 0 heterocycles. The molecule has 8 heteroatoms. The van der Waals surface area contributed by atoms with Gasteiger partial charge in [-0.25, -0.2) is 9.59 Å². The second-order valence-corrected chi connectivity index (χ2v) is 5.68. The summed E-state index contributed by atoms with van der Waals surface area (Å²) in [7, 11) is 1.36. The van der Waals surface area contributed by atoms with Crippen molar-refractivity contribution < 1.29 is 19.1 Å². The second-order valence-electron chi connectivity index (χ2n) is 4.86. The van der Waals surface area contributed by atoms with Crippen LogP contribution in [0.1, 0.15) is 22.0 Å². The number of ether oxygens (including phenoxy) is 1. The van der Waals surface area contributed by atoms with Gasteiger partial charge in [-0.2, -0.15) is 0 Å². The highest BCUT2D eigenvalue weighted by atomic mass is 35.5. The van der Waals surface area contributed by atoms with Crippen molar-refractivity contribution in [1.82, 2.24) is 10.6 Å². The Bertz CT molecular complexity index is 776. The highest BCUT2D eigenvalue weighted by Gasteiger charge is 2.28. The molecule has 25 heavy (non-hydrogen) atoms. The number of carbonyl (C=O) groups is 3. The maximum atomic E-state index is 12.5. The molecule has 2 aromatic rings. The minimum Gasteiger partial charge on any atom is -0.444 e. The van der Waals surface area contributed by atoms with Crippen LogP contribution >= 0.6 is 23.2 Å². The number of esters is 1. The van der Waals surface area contributed by atoms with Crippen LogP contribution < -0.4 is 10.6 Å². The summed E-state index contributed by atoms with van der Waals surface area (Å²) in [6.07, 6.45) is -1.35. The fourth-order valence-electron chi connectivity index (χ4n) is 2.00. The van der Waals surface area contributed by atoms with Gasteiger partial charge in [0.2, 0.25) is 6.10 Å². The van der Waals surface area contributed by atoms with E-state index in [1.807, 2.05) is 0 Å². The third-order valence-corrected chi connectivity index (χ3v) is 3.83. The first-order valence-electron chi connectivity index (χ1n) is 7.16. The van der Waals surface area contributed by atoms with Crippen LogP contribution in [0.15, 0.2) is 48.5 Å². The molecular weight excluding hydrogens is 367 g/mol. The molecule has 2 rings (SSSR count). The van der Waals surface area contributed by atoms with E-state index < -0.39 is 24.0 Å². The molecule has 0 spiro atoms. The zero-order chi connectivity index (χ0) is 18.4. The fourth-order valence-corrected chi connectivity index (χ4v) is 2.55. The molecule has 6 nitrogen and oxygen atoms in total. The summed E-state index contributed by atoms with van der Waals surface area (Å²) < 4.78 is 5.29. The Hall–Kier alpha value is -2.57. The average molecular weight is 381 g/mol. The summed E-state index contributed by atoms with van der Waals surface area (Å²) in [4.78, 5) is 36.2. The molecule has 2 N–H and O–H groups in total. The lowest BCUT2D eigenvalue weighted by Crippen LogP contribution is -2.41. The lowest BCUT2D eigenvalue weighted by molar-refractivity contribution is -0.129. The summed E-state index contributed by atoms with van der Waals surface area (Å²) in [6.45, 7) is 0. The van der Waals surface area contributed by atoms with Crippen molar-refractivity contribution in [3.8, 4) is 0 Å². The predicted octanol–water partition coefficient (Wildman–Crippen LogP) is 3.35. The molecule has 0 aliphatic rings. The smallest absolute Gasteiger partial charge is 0.342 e. The monoisotopic (exact) mass is 380 g/mol. The molecule has 0 fully saturated rings. The van der Waals surface area contributed by atoms with Crippen LogP contribution in [0, 0.1) is 0 Å². The Kier molecular flexibility index (Phi) is 6.38. The van der Waals surface area contributed by atoms with E-state index in [2.05, 4.69) is 10.6 Å². The van der Waals surface area contributed by atoms with Crippen molar-refractivity contribution in [2.24, 2.45) is 0 Å². The van der Waals surface area contributed by atoms with E-state index in [-0.39, 0.29) is 15.6 Å². The van der Waals surface area contributed by atoms with Crippen LogP contribution in [0.2, 0.25) is 10.0 Å². The van der Waals surface area contributed by atoms with E-state index >= 15 is 0 Å². The Morgan fingerprint density at radius 1 is 0.960 bits per heavy atom. The van der Waals surface area contributed by atoms with Crippen LogP contribution in [0.3, 0.4) is 0 Å². The van der Waals surface area contributed by atoms with Crippen molar-refractivity contribution in [3.05, 3.63) is 69.7 Å². The third-order valence-electron chi connectivity index (χ3n) is 3.20. The molecule has 3 amide bonds. The van der Waals surface area contributed by atoms with Crippen molar-refractivity contribution >= 4 is 41.1 Å². The topological polar surface area (TPSA) is 84.5 Å². The molecule has 0 saturated carbocycles. The summed E-state index contributed by atoms with van der Waals surface area (Å²) >= 11 is 12.0. The van der Waals surface area contributed by atoms with Gasteiger partial charge in [-0.05, 0) is 12.1 Å². The summed E-state index contributed by atoms with van der Waals surface area (Å²) in [5.41, 5.74) is 0.333. The third kappa shape index (κ3) is 4.71. The van der Waals surface area contributed by atoms with E-state index in [1.165, 1.54) is 19.2 Å². The number of carbonyl (C=O) groups excluding carboxylic acids is 3. The van der Waals surface area contributed by atoms with Crippen molar-refractivity contribution in [2.45, 2.75) is 6.10 Å². The number of imide groups is 1. The van der Waals surface area contributed by atoms with Crippen molar-refractivity contribution in [1.29, 1.82) is 0 Å². The van der Waals surface area contributed by atoms with E-state index in [0.717, 1.165) is 0 Å². The molecule has 0 aliphatic carbocycles. The standard InChI is InChI=1S/C17H14Cl2N2O4/c1-20-17(24)21-15(22)14(10-6-3-2-4-7-10)25-16(23)13-11(18)8-5-9-12(13)19/h2-9,14H,1H3,(H2,20,21,22,24)/t14-/m0/s1.